The van der Waals surface area contributed by atoms with E-state index in [0.29, 0.717) is 29.9 Å². The van der Waals surface area contributed by atoms with Crippen molar-refractivity contribution in [1.29, 1.82) is 0 Å². The molecule has 3 atom stereocenters. The standard InChI is InChI=1S/C26H29FN8O5/c1-13-29-12-30-35(13)19-9-16(27)6-5-15(19)10-28-23(37)20-21(36)25(39)34-11-14-4-7-17(22(34)32-20)18(8-14)31-24(38)26(40)33(2)3/h5-6,9,12,14,17-18,36H,4,7-8,10-11H2,1-3H3,(H,28,37)(H,31,38). The topological polar surface area (TPSA) is 164 Å². The number of amides is 3. The lowest BCUT2D eigenvalue weighted by Gasteiger charge is -2.32. The van der Waals surface area contributed by atoms with Gasteiger partial charge in [0.2, 0.25) is 5.75 Å². The molecule has 4 heterocycles. The van der Waals surface area contributed by atoms with Crippen molar-refractivity contribution < 1.29 is 23.9 Å². The molecule has 6 rings (SSSR count). The summed E-state index contributed by atoms with van der Waals surface area (Å²) < 4.78 is 16.8. The number of aromatic nitrogens is 5. The number of nitrogens with zero attached hydrogens (tertiary/aromatic N) is 6. The molecule has 2 aromatic heterocycles. The van der Waals surface area contributed by atoms with E-state index in [9.17, 15) is 28.7 Å². The molecule has 210 valence electrons. The van der Waals surface area contributed by atoms with Gasteiger partial charge in [-0.15, -0.1) is 0 Å². The van der Waals surface area contributed by atoms with Crippen LogP contribution in [0.25, 0.3) is 5.69 Å². The van der Waals surface area contributed by atoms with E-state index in [1.54, 1.807) is 6.92 Å². The predicted octanol–water partition coefficient (Wildman–Crippen LogP) is 0.377. The Hall–Kier alpha value is -4.62. The lowest BCUT2D eigenvalue weighted by molar-refractivity contribution is -0.144. The number of aromatic hydroxyl groups is 1. The highest BCUT2D eigenvalue weighted by Gasteiger charge is 2.41. The van der Waals surface area contributed by atoms with Crippen molar-refractivity contribution in [3.63, 3.8) is 0 Å². The number of likely N-dealkylation sites (N-methyl/N-ethyl adjacent to an activating group) is 1. The predicted molar refractivity (Wildman–Crippen MR) is 138 cm³/mol. The lowest BCUT2D eigenvalue weighted by atomic mass is 9.79. The van der Waals surface area contributed by atoms with Crippen LogP contribution in [0.3, 0.4) is 0 Å². The quantitative estimate of drug-likeness (QED) is 0.382. The number of benzene rings is 1. The van der Waals surface area contributed by atoms with Crippen molar-refractivity contribution in [2.24, 2.45) is 5.92 Å². The van der Waals surface area contributed by atoms with Crippen molar-refractivity contribution >= 4 is 17.7 Å². The second-order valence-corrected chi connectivity index (χ2v) is 10.3. The maximum atomic E-state index is 14.0. The van der Waals surface area contributed by atoms with Crippen LogP contribution in [0, 0.1) is 18.7 Å². The van der Waals surface area contributed by atoms with Crippen molar-refractivity contribution in [2.75, 3.05) is 14.1 Å². The number of nitrogens with one attached hydrogen (secondary N) is 2. The molecule has 3 aromatic rings. The van der Waals surface area contributed by atoms with Crippen molar-refractivity contribution in [3.8, 4) is 11.4 Å². The molecule has 3 unspecified atom stereocenters. The Bertz CT molecular complexity index is 1560. The highest BCUT2D eigenvalue weighted by Crippen LogP contribution is 2.40. The van der Waals surface area contributed by atoms with Crippen LogP contribution in [-0.4, -0.2) is 72.2 Å². The normalized spacial score (nSPS) is 19.4. The van der Waals surface area contributed by atoms with E-state index in [1.807, 2.05) is 0 Å². The molecule has 3 amide bonds. The highest BCUT2D eigenvalue weighted by molar-refractivity contribution is 6.34. The number of aryl methyl sites for hydroxylation is 1. The highest BCUT2D eigenvalue weighted by atomic mass is 19.1. The van der Waals surface area contributed by atoms with Crippen LogP contribution in [0.1, 0.15) is 52.9 Å². The van der Waals surface area contributed by atoms with Crippen molar-refractivity contribution in [1.82, 2.24) is 39.8 Å². The van der Waals surface area contributed by atoms with Gasteiger partial charge in [-0.2, -0.15) is 5.10 Å². The van der Waals surface area contributed by atoms with Crippen LogP contribution >= 0.6 is 0 Å². The van der Waals surface area contributed by atoms with Gasteiger partial charge >= 0.3 is 11.8 Å². The molecule has 2 bridgehead atoms. The number of hydrogen-bond acceptors (Lipinski definition) is 8. The number of halogens is 1. The number of carbonyl (C=O) groups excluding carboxylic acids is 3. The minimum absolute atomic E-state index is 0.0213. The molecule has 3 N–H and O–H groups in total. The molecule has 3 aliphatic rings. The molecule has 14 heteroatoms. The lowest BCUT2D eigenvalue weighted by Crippen LogP contribution is -2.48. The molecule has 1 aromatic carbocycles. The van der Waals surface area contributed by atoms with Gasteiger partial charge in [0.1, 0.15) is 23.8 Å². The Labute approximate surface area is 228 Å². The largest absolute Gasteiger partial charge is 0.501 e. The van der Waals surface area contributed by atoms with Gasteiger partial charge in [-0.25, -0.2) is 19.0 Å². The van der Waals surface area contributed by atoms with Gasteiger partial charge in [-0.05, 0) is 49.8 Å². The fourth-order valence-corrected chi connectivity index (χ4v) is 5.44. The number of rotatable bonds is 5. The summed E-state index contributed by atoms with van der Waals surface area (Å²) in [4.78, 5) is 60.7. The molecule has 2 aliphatic heterocycles. The zero-order chi connectivity index (χ0) is 28.7. The molecule has 1 aliphatic carbocycles. The fourth-order valence-electron chi connectivity index (χ4n) is 5.44. The molecule has 13 nitrogen and oxygen atoms in total. The Morgan fingerprint density at radius 3 is 2.70 bits per heavy atom. The van der Waals surface area contributed by atoms with Crippen LogP contribution in [0.5, 0.6) is 5.75 Å². The maximum Gasteiger partial charge on any atom is 0.311 e. The molecular formula is C26H29FN8O5. The van der Waals surface area contributed by atoms with Gasteiger partial charge in [-0.3, -0.25) is 23.7 Å². The molecule has 1 fully saturated rings. The summed E-state index contributed by atoms with van der Waals surface area (Å²) in [5, 5.41) is 20.2. The summed E-state index contributed by atoms with van der Waals surface area (Å²) in [5.74, 6) is -3.16. The zero-order valence-corrected chi connectivity index (χ0v) is 22.2. The number of fused-ring (bicyclic) bond motifs is 2. The number of hydrogen-bond donors (Lipinski definition) is 3. The average Bonchev–Trinajstić information content (AvgIpc) is 3.20. The summed E-state index contributed by atoms with van der Waals surface area (Å²) >= 11 is 0. The van der Waals surface area contributed by atoms with E-state index >= 15 is 0 Å². The molecular weight excluding hydrogens is 523 g/mol. The second-order valence-electron chi connectivity index (χ2n) is 10.3. The molecule has 0 radical (unpaired) electrons. The first kappa shape index (κ1) is 27.0. The Morgan fingerprint density at radius 2 is 2.00 bits per heavy atom. The van der Waals surface area contributed by atoms with Gasteiger partial charge in [0.15, 0.2) is 5.69 Å². The fraction of sp³-hybridized carbons (Fsp3) is 0.423. The summed E-state index contributed by atoms with van der Waals surface area (Å²) in [7, 11) is 2.96. The third-order valence-electron chi connectivity index (χ3n) is 7.47. The first-order valence-corrected chi connectivity index (χ1v) is 12.8. The van der Waals surface area contributed by atoms with Crippen molar-refractivity contribution in [3.05, 3.63) is 63.6 Å². The minimum Gasteiger partial charge on any atom is -0.501 e. The van der Waals surface area contributed by atoms with E-state index in [4.69, 9.17) is 0 Å². The van der Waals surface area contributed by atoms with E-state index in [0.717, 1.165) is 6.42 Å². The Kier molecular flexibility index (Phi) is 7.08. The van der Waals surface area contributed by atoms with Gasteiger partial charge < -0.3 is 20.6 Å². The summed E-state index contributed by atoms with van der Waals surface area (Å²) in [5.41, 5.74) is -0.306. The summed E-state index contributed by atoms with van der Waals surface area (Å²) in [6.07, 6.45) is 3.20. The molecule has 40 heavy (non-hydrogen) atoms. The third-order valence-corrected chi connectivity index (χ3v) is 7.47. The second kappa shape index (κ2) is 10.5. The van der Waals surface area contributed by atoms with Crippen LogP contribution in [0.4, 0.5) is 4.39 Å². The van der Waals surface area contributed by atoms with Gasteiger partial charge in [0.25, 0.3) is 11.5 Å². The maximum absolute atomic E-state index is 14.0. The van der Waals surface area contributed by atoms with E-state index in [-0.39, 0.29) is 24.8 Å². The summed E-state index contributed by atoms with van der Waals surface area (Å²) in [6.45, 7) is 1.90. The Morgan fingerprint density at radius 1 is 1.23 bits per heavy atom. The van der Waals surface area contributed by atoms with Crippen LogP contribution in [0.2, 0.25) is 0 Å². The SMILES string of the molecule is Cc1ncnn1-c1cc(F)ccc1CNC(=O)c1nc2n(c(=O)c1O)CC1CCC2C(NC(=O)C(=O)N(C)C)C1. The molecule has 1 saturated carbocycles. The van der Waals surface area contributed by atoms with Crippen LogP contribution in [0.15, 0.2) is 29.3 Å². The minimum atomic E-state index is -0.800. The van der Waals surface area contributed by atoms with E-state index < -0.39 is 52.5 Å². The zero-order valence-electron chi connectivity index (χ0n) is 22.2. The van der Waals surface area contributed by atoms with Crippen molar-refractivity contribution in [2.45, 2.75) is 51.2 Å². The van der Waals surface area contributed by atoms with Gasteiger partial charge in [-0.1, -0.05) is 6.07 Å². The van der Waals surface area contributed by atoms with Crippen LogP contribution < -0.4 is 16.2 Å². The third kappa shape index (κ3) is 4.92. The van der Waals surface area contributed by atoms with Gasteiger partial charge in [0.05, 0.1) is 5.69 Å². The first-order chi connectivity index (χ1) is 19.0. The van der Waals surface area contributed by atoms with E-state index in [1.165, 1.54) is 52.8 Å². The molecule has 0 spiro atoms. The smallest absolute Gasteiger partial charge is 0.311 e. The molecule has 0 saturated heterocycles. The van der Waals surface area contributed by atoms with E-state index in [2.05, 4.69) is 25.7 Å². The van der Waals surface area contributed by atoms with Crippen LogP contribution in [-0.2, 0) is 22.7 Å². The first-order valence-electron chi connectivity index (χ1n) is 12.8. The average molecular weight is 553 g/mol. The summed E-state index contributed by atoms with van der Waals surface area (Å²) in [6, 6.07) is 3.53. The van der Waals surface area contributed by atoms with Gasteiger partial charge in [0, 0.05) is 39.1 Å². The number of carbonyl (C=O) groups is 3. The Balaban J connectivity index is 1.43. The monoisotopic (exact) mass is 552 g/mol.